The number of carboxylic acids is 1. The molecular weight excluding hydrogens is 546 g/mol. The minimum absolute atomic E-state index is 0.377. The highest BCUT2D eigenvalue weighted by atomic mass is 32.1. The van der Waals surface area contributed by atoms with E-state index in [0.717, 1.165) is 65.5 Å². The number of carboxylic acid groups (broad SMARTS) is 1. The third-order valence-corrected chi connectivity index (χ3v) is 9.44. The van der Waals surface area contributed by atoms with Crippen molar-refractivity contribution < 1.29 is 24.2 Å². The van der Waals surface area contributed by atoms with Gasteiger partial charge in [0.15, 0.2) is 0 Å². The molecule has 212 valence electrons. The van der Waals surface area contributed by atoms with Crippen molar-refractivity contribution in [2.24, 2.45) is 4.99 Å². The number of nitrogens with zero attached hydrogens (tertiary/aromatic N) is 4. The summed E-state index contributed by atoms with van der Waals surface area (Å²) in [5.41, 5.74) is 4.49. The number of nitrogens with one attached hydrogen (secondary N) is 1. The molecule has 40 heavy (non-hydrogen) atoms. The third kappa shape index (κ3) is 6.81. The molecule has 2 N–H and O–H groups in total. The van der Waals surface area contributed by atoms with E-state index in [4.69, 9.17) is 14.3 Å². The van der Waals surface area contributed by atoms with E-state index in [2.05, 4.69) is 52.0 Å². The largest absolute Gasteiger partial charge is 0.479 e. The highest BCUT2D eigenvalue weighted by Crippen LogP contribution is 2.38. The summed E-state index contributed by atoms with van der Waals surface area (Å²) in [6, 6.07) is 15.3. The fraction of sp³-hybridized carbons (Fsp3) is 0.393. The molecular formula is C28H35N5O5SSi. The van der Waals surface area contributed by atoms with Crippen LogP contribution in [0.1, 0.15) is 11.1 Å². The Morgan fingerprint density at radius 1 is 1.18 bits per heavy atom. The Morgan fingerprint density at radius 3 is 2.62 bits per heavy atom. The predicted octanol–water partition coefficient (Wildman–Crippen LogP) is 5.61. The number of morpholine rings is 1. The van der Waals surface area contributed by atoms with Crippen LogP contribution in [0.15, 0.2) is 53.7 Å². The molecule has 1 aromatic heterocycles. The number of hydrogen-bond acceptors (Lipinski definition) is 10. The van der Waals surface area contributed by atoms with Crippen molar-refractivity contribution in [3.05, 3.63) is 53.7 Å². The molecule has 0 amide bonds. The van der Waals surface area contributed by atoms with Gasteiger partial charge in [-0.3, -0.25) is 0 Å². The number of rotatable bonds is 9. The summed E-state index contributed by atoms with van der Waals surface area (Å²) in [7, 11) is 0.489. The summed E-state index contributed by atoms with van der Waals surface area (Å²) >= 11 is 1.32. The van der Waals surface area contributed by atoms with Gasteiger partial charge >= 0.3 is 12.0 Å². The molecule has 1 fully saturated rings. The molecule has 2 aliphatic rings. The molecule has 1 unspecified atom stereocenters. The second kappa shape index (κ2) is 12.0. The van der Waals surface area contributed by atoms with E-state index in [-0.39, 0.29) is 0 Å². The zero-order valence-corrected chi connectivity index (χ0v) is 25.0. The standard InChI is InChI=1S/C28H35N5O5SSi/c1-32-23-17-19(24-18-29-26(39-24)25(27(34)35)37-15-16-40(2,3)4)5-10-22(23)31-28(38-32)30-20-6-8-21(9-7-20)33-11-13-36-14-12-33/h5-10,17-18,25H,11-16H2,1-4H3,(H,30,31)(H,34,35). The first kappa shape index (κ1) is 28.1. The predicted molar refractivity (Wildman–Crippen MR) is 162 cm³/mol. The van der Waals surface area contributed by atoms with Crippen LogP contribution in [-0.4, -0.2) is 70.1 Å². The van der Waals surface area contributed by atoms with Crippen molar-refractivity contribution in [2.45, 2.75) is 31.8 Å². The van der Waals surface area contributed by atoms with E-state index in [9.17, 15) is 9.90 Å². The van der Waals surface area contributed by atoms with Crippen molar-refractivity contribution in [2.75, 3.05) is 55.2 Å². The molecule has 2 aliphatic heterocycles. The van der Waals surface area contributed by atoms with E-state index in [1.165, 1.54) is 11.3 Å². The first-order chi connectivity index (χ1) is 19.2. The average Bonchev–Trinajstić information content (AvgIpc) is 3.41. The summed E-state index contributed by atoms with van der Waals surface area (Å²) in [6.07, 6.45) is 0.625. The number of aromatic nitrogens is 1. The molecule has 3 aromatic rings. The van der Waals surface area contributed by atoms with Gasteiger partial charge in [-0.05, 0) is 48.0 Å². The molecule has 0 radical (unpaired) electrons. The van der Waals surface area contributed by atoms with Crippen LogP contribution in [0.25, 0.3) is 10.4 Å². The summed E-state index contributed by atoms with van der Waals surface area (Å²) in [5, 5.41) is 15.1. The average molecular weight is 582 g/mol. The molecule has 3 heterocycles. The van der Waals surface area contributed by atoms with Gasteiger partial charge in [0, 0.05) is 52.4 Å². The minimum Gasteiger partial charge on any atom is -0.479 e. The minimum atomic E-state index is -1.34. The van der Waals surface area contributed by atoms with Gasteiger partial charge in [-0.1, -0.05) is 25.7 Å². The van der Waals surface area contributed by atoms with Gasteiger partial charge in [-0.15, -0.1) is 11.3 Å². The topological polar surface area (TPSA) is 109 Å². The van der Waals surface area contributed by atoms with Gasteiger partial charge in [-0.25, -0.2) is 14.8 Å². The Balaban J connectivity index is 1.27. The second-order valence-electron chi connectivity index (χ2n) is 10.9. The van der Waals surface area contributed by atoms with Crippen LogP contribution in [0.3, 0.4) is 0 Å². The molecule has 0 spiro atoms. The fourth-order valence-electron chi connectivity index (χ4n) is 4.36. The molecule has 1 saturated heterocycles. The number of aliphatic imine (C=N–C) groups is 1. The van der Waals surface area contributed by atoms with Crippen LogP contribution in [0.5, 0.6) is 0 Å². The lowest BCUT2D eigenvalue weighted by Crippen LogP contribution is -2.36. The summed E-state index contributed by atoms with van der Waals surface area (Å²) in [4.78, 5) is 30.0. The van der Waals surface area contributed by atoms with Crippen molar-refractivity contribution >= 4 is 54.2 Å². The van der Waals surface area contributed by atoms with E-state index in [1.54, 1.807) is 11.3 Å². The van der Waals surface area contributed by atoms with Crippen molar-refractivity contribution in [3.8, 4) is 10.4 Å². The molecule has 2 aromatic carbocycles. The van der Waals surface area contributed by atoms with Crippen LogP contribution in [-0.2, 0) is 19.1 Å². The van der Waals surface area contributed by atoms with Gasteiger partial charge in [0.2, 0.25) is 6.10 Å². The lowest BCUT2D eigenvalue weighted by Gasteiger charge is -2.29. The molecule has 10 nitrogen and oxygen atoms in total. The number of benzene rings is 2. The maximum Gasteiger partial charge on any atom is 0.340 e. The van der Waals surface area contributed by atoms with Gasteiger partial charge < -0.3 is 29.6 Å². The van der Waals surface area contributed by atoms with Crippen molar-refractivity contribution in [1.82, 2.24) is 4.98 Å². The van der Waals surface area contributed by atoms with E-state index in [0.29, 0.717) is 17.6 Å². The lowest BCUT2D eigenvalue weighted by molar-refractivity contribution is -0.150. The molecule has 0 bridgehead atoms. The van der Waals surface area contributed by atoms with E-state index >= 15 is 0 Å². The maximum atomic E-state index is 11.9. The Labute approximate surface area is 239 Å². The van der Waals surface area contributed by atoms with Crippen LogP contribution in [0.2, 0.25) is 25.7 Å². The molecule has 12 heteroatoms. The zero-order chi connectivity index (χ0) is 28.3. The number of thiazole rings is 1. The number of fused-ring (bicyclic) bond motifs is 1. The number of hydroxylamine groups is 1. The van der Waals surface area contributed by atoms with Gasteiger partial charge in [-0.2, -0.15) is 4.99 Å². The van der Waals surface area contributed by atoms with Crippen molar-refractivity contribution in [3.63, 3.8) is 0 Å². The smallest absolute Gasteiger partial charge is 0.340 e. The van der Waals surface area contributed by atoms with Crippen LogP contribution in [0, 0.1) is 0 Å². The Morgan fingerprint density at radius 2 is 1.93 bits per heavy atom. The van der Waals surface area contributed by atoms with Gasteiger partial charge in [0.05, 0.1) is 23.8 Å². The monoisotopic (exact) mass is 581 g/mol. The van der Waals surface area contributed by atoms with Crippen LogP contribution in [0.4, 0.5) is 22.7 Å². The summed E-state index contributed by atoms with van der Waals surface area (Å²) in [5.74, 6) is -1.03. The number of ether oxygens (including phenoxy) is 2. The summed E-state index contributed by atoms with van der Waals surface area (Å²) in [6.45, 7) is 10.4. The first-order valence-electron chi connectivity index (χ1n) is 13.3. The van der Waals surface area contributed by atoms with Crippen LogP contribution < -0.4 is 15.3 Å². The highest BCUT2D eigenvalue weighted by Gasteiger charge is 2.26. The fourth-order valence-corrected chi connectivity index (χ4v) is 6.04. The number of aliphatic carboxylic acids is 1. The SMILES string of the molecule is CN1OC(Nc2ccc(N3CCOCC3)cc2)=Nc2ccc(-c3cnc(C(OCC[Si](C)(C)C)C(=O)O)s3)cc21. The number of amidine groups is 1. The zero-order valence-electron chi connectivity index (χ0n) is 23.2. The first-order valence-corrected chi connectivity index (χ1v) is 17.8. The lowest BCUT2D eigenvalue weighted by atomic mass is 10.1. The normalized spacial score (nSPS) is 16.1. The molecule has 1 atom stereocenters. The highest BCUT2D eigenvalue weighted by molar-refractivity contribution is 7.15. The maximum absolute atomic E-state index is 11.9. The van der Waals surface area contributed by atoms with E-state index in [1.807, 2.05) is 37.4 Å². The Bertz CT molecular complexity index is 1370. The van der Waals surface area contributed by atoms with Crippen molar-refractivity contribution in [1.29, 1.82) is 0 Å². The molecule has 0 saturated carbocycles. The third-order valence-electron chi connectivity index (χ3n) is 6.65. The number of anilines is 3. The van der Waals surface area contributed by atoms with Crippen LogP contribution >= 0.6 is 11.3 Å². The Hall–Kier alpha value is -3.45. The summed E-state index contributed by atoms with van der Waals surface area (Å²) < 4.78 is 11.2. The molecule has 0 aliphatic carbocycles. The van der Waals surface area contributed by atoms with Gasteiger partial charge in [0.25, 0.3) is 0 Å². The quantitative estimate of drug-likeness (QED) is 0.312. The number of carbonyl (C=O) groups is 1. The second-order valence-corrected chi connectivity index (χ2v) is 17.6. The number of hydrogen-bond donors (Lipinski definition) is 2. The van der Waals surface area contributed by atoms with E-state index < -0.39 is 20.1 Å². The molecule has 5 rings (SSSR count). The Kier molecular flexibility index (Phi) is 8.40. The van der Waals surface area contributed by atoms with Gasteiger partial charge in [0.1, 0.15) is 10.7 Å².